The first-order valence-electron chi connectivity index (χ1n) is 25.4. The number of likely N-dealkylation sites (N-methyl/N-ethyl adjacent to an activating group) is 1. The maximum absolute atomic E-state index is 12.8. The van der Waals surface area contributed by atoms with Gasteiger partial charge in [0.2, 0.25) is 0 Å². The van der Waals surface area contributed by atoms with Gasteiger partial charge in [0, 0.05) is 12.8 Å². The Morgan fingerprint density at radius 2 is 0.905 bits per heavy atom. The average molecular weight is 886 g/mol. The van der Waals surface area contributed by atoms with E-state index in [0.717, 1.165) is 77.0 Å². The molecule has 0 spiro atoms. The third kappa shape index (κ3) is 46.8. The minimum Gasteiger partial charge on any atom is -0.545 e. The number of rotatable bonds is 46. The van der Waals surface area contributed by atoms with Crippen LogP contribution in [0.4, 0.5) is 0 Å². The van der Waals surface area contributed by atoms with E-state index in [1.165, 1.54) is 96.3 Å². The Labute approximate surface area is 386 Å². The van der Waals surface area contributed by atoms with Crippen molar-refractivity contribution in [2.75, 3.05) is 47.5 Å². The number of carboxylic acid groups (broad SMARTS) is 1. The maximum Gasteiger partial charge on any atom is 0.306 e. The van der Waals surface area contributed by atoms with Gasteiger partial charge in [0.1, 0.15) is 13.2 Å². The van der Waals surface area contributed by atoms with Gasteiger partial charge in [-0.1, -0.05) is 197 Å². The molecule has 2 atom stereocenters. The average Bonchev–Trinajstić information content (AvgIpc) is 3.24. The minimum absolute atomic E-state index is 0.144. The van der Waals surface area contributed by atoms with Crippen LogP contribution in [0.25, 0.3) is 0 Å². The Hall–Kier alpha value is -3.01. The number of quaternary nitrogens is 1. The van der Waals surface area contributed by atoms with Crippen molar-refractivity contribution in [1.29, 1.82) is 0 Å². The molecular formula is C54H95NO8. The van der Waals surface area contributed by atoms with Crippen molar-refractivity contribution >= 4 is 17.9 Å². The van der Waals surface area contributed by atoms with Crippen molar-refractivity contribution in [3.05, 3.63) is 60.8 Å². The first-order valence-corrected chi connectivity index (χ1v) is 25.4. The molecule has 0 aromatic carbocycles. The Bertz CT molecular complexity index is 1220. The fourth-order valence-corrected chi connectivity index (χ4v) is 6.86. The molecule has 0 aromatic heterocycles. The largest absolute Gasteiger partial charge is 0.545 e. The normalized spacial score (nSPS) is 13.3. The standard InChI is InChI=1S/C54H95NO8/c1-6-8-10-12-14-16-18-20-22-23-24-25-26-27-28-29-31-33-35-37-39-41-43-45-52(57)63-50(49-62-54(53(58)59)60-47-46-55(3,4)5)48-61-51(56)44-42-40-38-36-34-32-30-21-19-17-15-13-11-9-7-2/h8,10,14,16,20,22,24-25,27-28,50,54H,6-7,9,11-13,15,17-19,21,23,26,29-49H2,1-5H3/b10-8-,16-14-,22-20-,25-24-,28-27-. The van der Waals surface area contributed by atoms with E-state index >= 15 is 0 Å². The van der Waals surface area contributed by atoms with Crippen LogP contribution in [0.5, 0.6) is 0 Å². The number of unbranched alkanes of at least 4 members (excludes halogenated alkanes) is 21. The highest BCUT2D eigenvalue weighted by molar-refractivity contribution is 5.70. The van der Waals surface area contributed by atoms with Gasteiger partial charge in [-0.3, -0.25) is 9.59 Å². The summed E-state index contributed by atoms with van der Waals surface area (Å²) in [6.45, 7) is 4.62. The van der Waals surface area contributed by atoms with Crippen molar-refractivity contribution in [3.63, 3.8) is 0 Å². The van der Waals surface area contributed by atoms with Gasteiger partial charge in [-0.2, -0.15) is 0 Å². The second-order valence-electron chi connectivity index (χ2n) is 18.1. The fraction of sp³-hybridized carbons (Fsp3) is 0.759. The molecule has 0 aliphatic heterocycles. The second kappa shape index (κ2) is 45.6. The van der Waals surface area contributed by atoms with Crippen molar-refractivity contribution in [2.24, 2.45) is 0 Å². The lowest BCUT2D eigenvalue weighted by Crippen LogP contribution is -2.44. The molecule has 0 fully saturated rings. The van der Waals surface area contributed by atoms with E-state index in [2.05, 4.69) is 74.6 Å². The van der Waals surface area contributed by atoms with E-state index in [1.54, 1.807) is 0 Å². The van der Waals surface area contributed by atoms with Crippen LogP contribution in [-0.4, -0.2) is 82.3 Å². The van der Waals surface area contributed by atoms with E-state index in [0.29, 0.717) is 23.9 Å². The number of ether oxygens (including phenoxy) is 4. The van der Waals surface area contributed by atoms with Gasteiger partial charge in [0.15, 0.2) is 12.4 Å². The van der Waals surface area contributed by atoms with E-state index in [-0.39, 0.29) is 32.2 Å². The Kier molecular flexibility index (Phi) is 43.4. The molecule has 0 amide bonds. The lowest BCUT2D eigenvalue weighted by molar-refractivity contribution is -0.870. The lowest BCUT2D eigenvalue weighted by Gasteiger charge is -2.26. The van der Waals surface area contributed by atoms with Gasteiger partial charge >= 0.3 is 11.9 Å². The molecule has 0 aliphatic carbocycles. The van der Waals surface area contributed by atoms with E-state index in [4.69, 9.17) is 18.9 Å². The second-order valence-corrected chi connectivity index (χ2v) is 18.1. The highest BCUT2D eigenvalue weighted by Crippen LogP contribution is 2.15. The number of allylic oxidation sites excluding steroid dienone is 10. The van der Waals surface area contributed by atoms with Gasteiger partial charge in [0.05, 0.1) is 40.3 Å². The number of carbonyl (C=O) groups excluding carboxylic acids is 3. The molecule has 0 aliphatic rings. The number of hydrogen-bond donors (Lipinski definition) is 0. The molecule has 9 heteroatoms. The van der Waals surface area contributed by atoms with Crippen LogP contribution in [0, 0.1) is 0 Å². The number of carboxylic acids is 1. The zero-order valence-corrected chi connectivity index (χ0v) is 41.2. The summed E-state index contributed by atoms with van der Waals surface area (Å²) in [6, 6.07) is 0. The third-order valence-electron chi connectivity index (χ3n) is 10.8. The molecule has 0 aromatic rings. The maximum atomic E-state index is 12.8. The van der Waals surface area contributed by atoms with Gasteiger partial charge < -0.3 is 33.3 Å². The van der Waals surface area contributed by atoms with Crippen molar-refractivity contribution < 1.29 is 42.9 Å². The number of aliphatic carboxylic acids is 1. The molecule has 364 valence electrons. The zero-order chi connectivity index (χ0) is 46.3. The van der Waals surface area contributed by atoms with E-state index in [9.17, 15) is 19.5 Å². The quantitative estimate of drug-likeness (QED) is 0.0195. The van der Waals surface area contributed by atoms with Crippen LogP contribution in [0.2, 0.25) is 0 Å². The molecule has 0 radical (unpaired) electrons. The molecule has 0 saturated carbocycles. The Morgan fingerprint density at radius 3 is 1.35 bits per heavy atom. The summed E-state index contributed by atoms with van der Waals surface area (Å²) in [5.41, 5.74) is 0. The number of carbonyl (C=O) groups is 3. The predicted octanol–water partition coefficient (Wildman–Crippen LogP) is 12.8. The van der Waals surface area contributed by atoms with Crippen molar-refractivity contribution in [3.8, 4) is 0 Å². The zero-order valence-electron chi connectivity index (χ0n) is 41.2. The van der Waals surface area contributed by atoms with Gasteiger partial charge in [-0.15, -0.1) is 0 Å². The van der Waals surface area contributed by atoms with Crippen LogP contribution in [0.3, 0.4) is 0 Å². The molecule has 0 saturated heterocycles. The number of nitrogens with zero attached hydrogens (tertiary/aromatic N) is 1. The van der Waals surface area contributed by atoms with Crippen LogP contribution in [-0.2, 0) is 33.3 Å². The highest BCUT2D eigenvalue weighted by atomic mass is 16.7. The van der Waals surface area contributed by atoms with Gasteiger partial charge in [-0.25, -0.2) is 0 Å². The van der Waals surface area contributed by atoms with Crippen LogP contribution in [0.15, 0.2) is 60.8 Å². The molecule has 0 bridgehead atoms. The summed E-state index contributed by atoms with van der Waals surface area (Å²) in [5, 5.41) is 11.7. The molecule has 0 rings (SSSR count). The smallest absolute Gasteiger partial charge is 0.306 e. The molecule has 9 nitrogen and oxygen atoms in total. The van der Waals surface area contributed by atoms with E-state index < -0.39 is 24.3 Å². The van der Waals surface area contributed by atoms with E-state index in [1.807, 2.05) is 21.1 Å². The molecule has 2 unspecified atom stereocenters. The van der Waals surface area contributed by atoms with Crippen LogP contribution in [0.1, 0.15) is 206 Å². The summed E-state index contributed by atoms with van der Waals surface area (Å²) in [5.74, 6) is -2.30. The highest BCUT2D eigenvalue weighted by Gasteiger charge is 2.21. The lowest BCUT2D eigenvalue weighted by atomic mass is 10.0. The monoisotopic (exact) mass is 886 g/mol. The molecule has 0 N–H and O–H groups in total. The van der Waals surface area contributed by atoms with Gasteiger partial charge in [-0.05, 0) is 57.8 Å². The first-order chi connectivity index (χ1) is 30.6. The summed E-state index contributed by atoms with van der Waals surface area (Å²) in [6.07, 6.45) is 52.5. The number of hydrogen-bond acceptors (Lipinski definition) is 8. The summed E-state index contributed by atoms with van der Waals surface area (Å²) < 4.78 is 22.6. The molecule has 63 heavy (non-hydrogen) atoms. The topological polar surface area (TPSA) is 111 Å². The third-order valence-corrected chi connectivity index (χ3v) is 10.8. The Balaban J connectivity index is 4.36. The SMILES string of the molecule is CC/C=C\C/C=C\C/C=C\C/C=C\C/C=C\CCCCCCCCCC(=O)OC(COC(=O)CCCCCCCCCCCCCCCCC)COC(OCC[N+](C)(C)C)C(=O)[O-]. The molecular weight excluding hydrogens is 791 g/mol. The van der Waals surface area contributed by atoms with Crippen molar-refractivity contribution in [2.45, 2.75) is 219 Å². The first kappa shape index (κ1) is 60.0. The predicted molar refractivity (Wildman–Crippen MR) is 260 cm³/mol. The Morgan fingerprint density at radius 1 is 0.492 bits per heavy atom. The van der Waals surface area contributed by atoms with Crippen LogP contribution < -0.4 is 5.11 Å². The fourth-order valence-electron chi connectivity index (χ4n) is 6.86. The van der Waals surface area contributed by atoms with Crippen molar-refractivity contribution in [1.82, 2.24) is 0 Å². The van der Waals surface area contributed by atoms with Gasteiger partial charge in [0.25, 0.3) is 0 Å². The van der Waals surface area contributed by atoms with Crippen LogP contribution >= 0.6 is 0 Å². The number of esters is 2. The summed E-state index contributed by atoms with van der Waals surface area (Å²) in [4.78, 5) is 37.1. The summed E-state index contributed by atoms with van der Waals surface area (Å²) >= 11 is 0. The summed E-state index contributed by atoms with van der Waals surface area (Å²) in [7, 11) is 5.91. The molecule has 0 heterocycles. The minimum atomic E-state index is -1.62.